The molecule has 0 saturated carbocycles. The second-order valence-electron chi connectivity index (χ2n) is 11.5. The lowest BCUT2D eigenvalue weighted by molar-refractivity contribution is -0.128. The summed E-state index contributed by atoms with van der Waals surface area (Å²) in [6, 6.07) is 0. The Bertz CT molecular complexity index is 559. The molecule has 2 N–H and O–H groups in total. The first kappa shape index (κ1) is 28.1. The molecule has 2 rings (SSSR count). The summed E-state index contributed by atoms with van der Waals surface area (Å²) in [6.45, 7) is 16.3. The number of hydrogen-bond donors (Lipinski definition) is 2. The highest BCUT2D eigenvalue weighted by Gasteiger charge is 2.22. The van der Waals surface area contributed by atoms with Gasteiger partial charge < -0.3 is 20.4 Å². The number of nitrogens with zero attached hydrogens (tertiary/aromatic N) is 2. The van der Waals surface area contributed by atoms with Crippen molar-refractivity contribution in [3.05, 3.63) is 0 Å². The average molecular weight is 465 g/mol. The Kier molecular flexibility index (Phi) is 12.8. The Morgan fingerprint density at radius 3 is 1.82 bits per heavy atom. The molecule has 192 valence electrons. The van der Waals surface area contributed by atoms with Crippen LogP contribution in [0.2, 0.25) is 0 Å². The number of piperidine rings is 2. The number of carbonyl (C=O) groups is 2. The summed E-state index contributed by atoms with van der Waals surface area (Å²) in [7, 11) is 0. The molecule has 33 heavy (non-hydrogen) atoms. The second kappa shape index (κ2) is 15.0. The Labute approximate surface area is 203 Å². The van der Waals surface area contributed by atoms with E-state index in [0.717, 1.165) is 37.9 Å². The van der Waals surface area contributed by atoms with Crippen LogP contribution >= 0.6 is 0 Å². The topological polar surface area (TPSA) is 64.7 Å². The van der Waals surface area contributed by atoms with Crippen LogP contribution in [0.25, 0.3) is 0 Å². The van der Waals surface area contributed by atoms with Gasteiger partial charge in [0.15, 0.2) is 0 Å². The van der Waals surface area contributed by atoms with E-state index in [-0.39, 0.29) is 17.2 Å². The van der Waals surface area contributed by atoms with E-state index in [4.69, 9.17) is 0 Å². The zero-order valence-corrected chi connectivity index (χ0v) is 22.1. The van der Waals surface area contributed by atoms with E-state index < -0.39 is 0 Å². The van der Waals surface area contributed by atoms with Gasteiger partial charge in [-0.05, 0) is 83.1 Å². The highest BCUT2D eigenvalue weighted by atomic mass is 16.2. The molecule has 0 aromatic heterocycles. The molecule has 0 aromatic carbocycles. The molecule has 0 atom stereocenters. The van der Waals surface area contributed by atoms with Gasteiger partial charge in [-0.25, -0.2) is 0 Å². The molecule has 2 heterocycles. The molecule has 2 aliphatic heterocycles. The van der Waals surface area contributed by atoms with Crippen LogP contribution in [-0.4, -0.2) is 74.0 Å². The zero-order chi connectivity index (χ0) is 24.1. The first-order chi connectivity index (χ1) is 15.8. The molecule has 2 fully saturated rings. The van der Waals surface area contributed by atoms with Crippen LogP contribution in [0.3, 0.4) is 0 Å². The fourth-order valence-corrected chi connectivity index (χ4v) is 5.14. The SMILES string of the molecule is CCCN1CCC(CCCC2CCN(CCC(=O)NCCCNC(=O)C(C)(C)C)CC2)CC1. The summed E-state index contributed by atoms with van der Waals surface area (Å²) < 4.78 is 0. The molecule has 0 unspecified atom stereocenters. The number of carbonyl (C=O) groups excluding carboxylic acids is 2. The van der Waals surface area contributed by atoms with Crippen LogP contribution in [-0.2, 0) is 9.59 Å². The molecule has 6 heteroatoms. The molecule has 0 spiro atoms. The quantitative estimate of drug-likeness (QED) is 0.404. The molecule has 0 aromatic rings. The number of hydrogen-bond acceptors (Lipinski definition) is 4. The minimum Gasteiger partial charge on any atom is -0.356 e. The number of nitrogens with one attached hydrogen (secondary N) is 2. The molecule has 0 aliphatic carbocycles. The lowest BCUT2D eigenvalue weighted by atomic mass is 9.87. The predicted octanol–water partition coefficient (Wildman–Crippen LogP) is 4.05. The van der Waals surface area contributed by atoms with Crippen molar-refractivity contribution in [3.63, 3.8) is 0 Å². The minimum absolute atomic E-state index is 0.0602. The maximum absolute atomic E-state index is 12.1. The second-order valence-corrected chi connectivity index (χ2v) is 11.5. The summed E-state index contributed by atoms with van der Waals surface area (Å²) >= 11 is 0. The van der Waals surface area contributed by atoms with Crippen molar-refractivity contribution in [3.8, 4) is 0 Å². The van der Waals surface area contributed by atoms with Gasteiger partial charge in [-0.15, -0.1) is 0 Å². The number of rotatable bonds is 13. The number of likely N-dealkylation sites (tertiary alicyclic amines) is 2. The molecular formula is C27H52N4O2. The van der Waals surface area contributed by atoms with E-state index in [1.54, 1.807) is 0 Å². The van der Waals surface area contributed by atoms with Crippen molar-refractivity contribution in [2.24, 2.45) is 17.3 Å². The fourth-order valence-electron chi connectivity index (χ4n) is 5.14. The van der Waals surface area contributed by atoms with Crippen molar-refractivity contribution in [2.45, 2.75) is 91.9 Å². The zero-order valence-electron chi connectivity index (χ0n) is 22.1. The Morgan fingerprint density at radius 2 is 1.30 bits per heavy atom. The molecule has 6 nitrogen and oxygen atoms in total. The summed E-state index contributed by atoms with van der Waals surface area (Å²) in [4.78, 5) is 29.0. The highest BCUT2D eigenvalue weighted by molar-refractivity contribution is 5.81. The Morgan fingerprint density at radius 1 is 0.788 bits per heavy atom. The molecule has 0 bridgehead atoms. The third-order valence-electron chi connectivity index (χ3n) is 7.48. The van der Waals surface area contributed by atoms with E-state index in [1.165, 1.54) is 71.0 Å². The first-order valence-electron chi connectivity index (χ1n) is 13.8. The molecule has 2 aliphatic rings. The summed E-state index contributed by atoms with van der Waals surface area (Å²) in [5.41, 5.74) is -0.358. The van der Waals surface area contributed by atoms with E-state index in [2.05, 4.69) is 27.4 Å². The maximum Gasteiger partial charge on any atom is 0.225 e. The molecule has 2 amide bonds. The molecule has 0 radical (unpaired) electrons. The van der Waals surface area contributed by atoms with Crippen molar-refractivity contribution in [1.82, 2.24) is 20.4 Å². The third-order valence-corrected chi connectivity index (χ3v) is 7.48. The van der Waals surface area contributed by atoms with Crippen LogP contribution in [0, 0.1) is 17.3 Å². The monoisotopic (exact) mass is 464 g/mol. The van der Waals surface area contributed by atoms with Crippen LogP contribution in [0.15, 0.2) is 0 Å². The van der Waals surface area contributed by atoms with Crippen molar-refractivity contribution in [1.29, 1.82) is 0 Å². The van der Waals surface area contributed by atoms with Gasteiger partial charge in [-0.2, -0.15) is 0 Å². The van der Waals surface area contributed by atoms with Crippen LogP contribution in [0.1, 0.15) is 91.9 Å². The van der Waals surface area contributed by atoms with Gasteiger partial charge in [0.05, 0.1) is 0 Å². The van der Waals surface area contributed by atoms with Gasteiger partial charge in [0.25, 0.3) is 0 Å². The largest absolute Gasteiger partial charge is 0.356 e. The Hall–Kier alpha value is -1.14. The predicted molar refractivity (Wildman–Crippen MR) is 137 cm³/mol. The van der Waals surface area contributed by atoms with Crippen LogP contribution < -0.4 is 10.6 Å². The van der Waals surface area contributed by atoms with Gasteiger partial charge in [-0.1, -0.05) is 47.0 Å². The highest BCUT2D eigenvalue weighted by Crippen LogP contribution is 2.27. The lowest BCUT2D eigenvalue weighted by Gasteiger charge is -2.33. The van der Waals surface area contributed by atoms with Gasteiger partial charge in [-0.3, -0.25) is 9.59 Å². The van der Waals surface area contributed by atoms with E-state index in [0.29, 0.717) is 19.5 Å². The summed E-state index contributed by atoms with van der Waals surface area (Å²) in [6.07, 6.45) is 12.3. The van der Waals surface area contributed by atoms with Gasteiger partial charge in [0.2, 0.25) is 11.8 Å². The average Bonchev–Trinajstić information content (AvgIpc) is 2.79. The third kappa shape index (κ3) is 11.7. The smallest absolute Gasteiger partial charge is 0.225 e. The van der Waals surface area contributed by atoms with Gasteiger partial charge in [0.1, 0.15) is 0 Å². The summed E-state index contributed by atoms with van der Waals surface area (Å²) in [5, 5.41) is 5.92. The van der Waals surface area contributed by atoms with E-state index in [9.17, 15) is 9.59 Å². The molecule has 2 saturated heterocycles. The number of amides is 2. The van der Waals surface area contributed by atoms with Crippen molar-refractivity contribution < 1.29 is 9.59 Å². The fraction of sp³-hybridized carbons (Fsp3) is 0.926. The summed E-state index contributed by atoms with van der Waals surface area (Å²) in [5.74, 6) is 2.04. The maximum atomic E-state index is 12.1. The normalized spacial score (nSPS) is 19.5. The van der Waals surface area contributed by atoms with E-state index >= 15 is 0 Å². The standard InChI is InChI=1S/C27H52N4O2/c1-5-17-30-18-10-23(11-19-30)8-6-9-24-12-20-31(21-13-24)22-14-25(32)28-15-7-16-29-26(33)27(2,3)4/h23-24H,5-22H2,1-4H3,(H,28,32)(H,29,33). The minimum atomic E-state index is -0.358. The Balaban J connectivity index is 1.44. The van der Waals surface area contributed by atoms with E-state index in [1.807, 2.05) is 20.8 Å². The van der Waals surface area contributed by atoms with Gasteiger partial charge >= 0.3 is 0 Å². The first-order valence-corrected chi connectivity index (χ1v) is 13.8. The lowest BCUT2D eigenvalue weighted by Crippen LogP contribution is -2.38. The molecular weight excluding hydrogens is 412 g/mol. The van der Waals surface area contributed by atoms with Crippen molar-refractivity contribution >= 4 is 11.8 Å². The van der Waals surface area contributed by atoms with Gasteiger partial charge in [0, 0.05) is 31.5 Å². The van der Waals surface area contributed by atoms with Crippen LogP contribution in [0.4, 0.5) is 0 Å². The van der Waals surface area contributed by atoms with Crippen LogP contribution in [0.5, 0.6) is 0 Å². The van der Waals surface area contributed by atoms with Crippen molar-refractivity contribution in [2.75, 3.05) is 52.4 Å².